The van der Waals surface area contributed by atoms with Crippen LogP contribution in [0.15, 0.2) is 22.7 Å². The van der Waals surface area contributed by atoms with Crippen LogP contribution >= 0.6 is 15.9 Å². The maximum Gasteiger partial charge on any atom is 0.136 e. The van der Waals surface area contributed by atoms with E-state index in [9.17, 15) is 14.2 Å². The molecule has 0 aromatic heterocycles. The third-order valence-electron chi connectivity index (χ3n) is 5.05. The van der Waals surface area contributed by atoms with E-state index < -0.39 is 21.6 Å². The first kappa shape index (κ1) is 20.7. The number of rotatable bonds is 6. The maximum absolute atomic E-state index is 14.6. The zero-order chi connectivity index (χ0) is 18.9. The molecule has 3 nitrogen and oxygen atoms in total. The summed E-state index contributed by atoms with van der Waals surface area (Å²) >= 11 is 2.05. The van der Waals surface area contributed by atoms with Gasteiger partial charge in [-0.15, -0.1) is 4.72 Å². The van der Waals surface area contributed by atoms with Crippen LogP contribution in [0, 0.1) is 22.6 Å². The molecule has 0 heterocycles. The Balaban J connectivity index is 2.33. The standard InChI is InChI=1S/C19H26BrFN2OS/c1-17(2,3)25(24)23-18(4,10-11-19(13-22)8-5-9-19)15-12-14(20)6-7-16(15)21/h6-7,12,23H,5,8-11H2,1-4H3/t18-,25?/m0/s1. The van der Waals surface area contributed by atoms with Crippen molar-refractivity contribution < 1.29 is 8.94 Å². The molecule has 1 fully saturated rings. The summed E-state index contributed by atoms with van der Waals surface area (Å²) in [5.41, 5.74) is -0.646. The van der Waals surface area contributed by atoms with E-state index in [4.69, 9.17) is 0 Å². The second kappa shape index (κ2) is 7.56. The van der Waals surface area contributed by atoms with Gasteiger partial charge in [0.15, 0.2) is 0 Å². The lowest BCUT2D eigenvalue weighted by Gasteiger charge is -2.40. The summed E-state index contributed by atoms with van der Waals surface area (Å²) in [6, 6.07) is 7.25. The van der Waals surface area contributed by atoms with Crippen molar-refractivity contribution >= 4 is 27.3 Å². The molecule has 6 heteroatoms. The summed E-state index contributed by atoms with van der Waals surface area (Å²) in [7, 11) is 0. The molecule has 0 saturated heterocycles. The zero-order valence-electron chi connectivity index (χ0n) is 15.3. The monoisotopic (exact) mass is 428 g/mol. The third-order valence-corrected chi connectivity index (χ3v) is 7.29. The molecule has 0 aliphatic heterocycles. The number of hydrogen-bond acceptors (Lipinski definition) is 3. The minimum atomic E-state index is -1.35. The van der Waals surface area contributed by atoms with Crippen LogP contribution in [0.25, 0.3) is 0 Å². The van der Waals surface area contributed by atoms with Crippen molar-refractivity contribution in [3.63, 3.8) is 0 Å². The molecule has 0 amide bonds. The van der Waals surface area contributed by atoms with Gasteiger partial charge in [-0.05, 0) is 71.6 Å². The summed E-state index contributed by atoms with van der Waals surface area (Å²) in [6.07, 6.45) is 4.07. The average Bonchev–Trinajstić information content (AvgIpc) is 2.48. The Morgan fingerprint density at radius 2 is 2.00 bits per heavy atom. The largest absolute Gasteiger partial charge is 0.598 e. The molecule has 1 N–H and O–H groups in total. The minimum absolute atomic E-state index is 0.311. The van der Waals surface area contributed by atoms with Gasteiger partial charge in [0.2, 0.25) is 0 Å². The summed E-state index contributed by atoms with van der Waals surface area (Å²) < 4.78 is 30.8. The third kappa shape index (κ3) is 4.77. The Morgan fingerprint density at radius 1 is 1.36 bits per heavy atom. The summed E-state index contributed by atoms with van der Waals surface area (Å²) in [5.74, 6) is -0.330. The first-order valence-electron chi connectivity index (χ1n) is 8.58. The van der Waals surface area contributed by atoms with Gasteiger partial charge >= 0.3 is 0 Å². The highest BCUT2D eigenvalue weighted by Crippen LogP contribution is 2.46. The van der Waals surface area contributed by atoms with Gasteiger partial charge in [-0.2, -0.15) is 5.26 Å². The van der Waals surface area contributed by atoms with E-state index in [2.05, 4.69) is 26.7 Å². The van der Waals surface area contributed by atoms with E-state index in [0.29, 0.717) is 18.4 Å². The molecule has 2 rings (SSSR count). The molecule has 0 spiro atoms. The number of hydrogen-bond donors (Lipinski definition) is 1. The van der Waals surface area contributed by atoms with Crippen LogP contribution in [0.4, 0.5) is 4.39 Å². The van der Waals surface area contributed by atoms with E-state index in [-0.39, 0.29) is 11.2 Å². The molecule has 1 aromatic carbocycles. The van der Waals surface area contributed by atoms with Gasteiger partial charge < -0.3 is 4.55 Å². The fraction of sp³-hybridized carbons (Fsp3) is 0.632. The average molecular weight is 429 g/mol. The molecule has 2 atom stereocenters. The van der Waals surface area contributed by atoms with E-state index in [1.165, 1.54) is 6.07 Å². The van der Waals surface area contributed by atoms with E-state index in [1.807, 2.05) is 27.7 Å². The number of nitriles is 1. The van der Waals surface area contributed by atoms with Crippen LogP contribution in [-0.2, 0) is 16.9 Å². The van der Waals surface area contributed by atoms with Crippen LogP contribution in [0.3, 0.4) is 0 Å². The molecule has 1 aliphatic rings. The van der Waals surface area contributed by atoms with E-state index in [0.717, 1.165) is 23.7 Å². The first-order chi connectivity index (χ1) is 11.5. The van der Waals surface area contributed by atoms with Gasteiger partial charge in [0, 0.05) is 21.4 Å². The molecule has 25 heavy (non-hydrogen) atoms. The van der Waals surface area contributed by atoms with Gasteiger partial charge in [-0.3, -0.25) is 0 Å². The Bertz CT molecular complexity index is 666. The quantitative estimate of drug-likeness (QED) is 0.622. The Morgan fingerprint density at radius 3 is 2.48 bits per heavy atom. The molecule has 1 aromatic rings. The Labute approximate surface area is 161 Å². The van der Waals surface area contributed by atoms with Crippen molar-refractivity contribution in [2.75, 3.05) is 0 Å². The van der Waals surface area contributed by atoms with Crippen molar-refractivity contribution in [3.05, 3.63) is 34.1 Å². The lowest BCUT2D eigenvalue weighted by atomic mass is 9.65. The molecule has 1 aliphatic carbocycles. The van der Waals surface area contributed by atoms with Crippen LogP contribution in [0.5, 0.6) is 0 Å². The van der Waals surface area contributed by atoms with Crippen molar-refractivity contribution in [3.8, 4) is 6.07 Å². The summed E-state index contributed by atoms with van der Waals surface area (Å²) in [4.78, 5) is 0. The molecule has 0 bridgehead atoms. The Kier molecular flexibility index (Phi) is 6.26. The van der Waals surface area contributed by atoms with Crippen LogP contribution in [0.1, 0.15) is 65.4 Å². The smallest absolute Gasteiger partial charge is 0.136 e. The highest BCUT2D eigenvalue weighted by atomic mass is 79.9. The minimum Gasteiger partial charge on any atom is -0.598 e. The van der Waals surface area contributed by atoms with Gasteiger partial charge in [-0.25, -0.2) is 4.39 Å². The molecule has 1 unspecified atom stereocenters. The van der Waals surface area contributed by atoms with Crippen LogP contribution < -0.4 is 4.72 Å². The second-order valence-corrected chi connectivity index (χ2v) is 11.1. The van der Waals surface area contributed by atoms with Crippen molar-refractivity contribution in [1.29, 1.82) is 5.26 Å². The van der Waals surface area contributed by atoms with Crippen molar-refractivity contribution in [1.82, 2.24) is 4.72 Å². The van der Waals surface area contributed by atoms with Crippen LogP contribution in [-0.4, -0.2) is 9.30 Å². The maximum atomic E-state index is 14.6. The zero-order valence-corrected chi connectivity index (χ0v) is 17.7. The highest BCUT2D eigenvalue weighted by molar-refractivity contribution is 9.10. The fourth-order valence-electron chi connectivity index (χ4n) is 3.03. The van der Waals surface area contributed by atoms with Crippen molar-refractivity contribution in [2.24, 2.45) is 5.41 Å². The second-order valence-electron chi connectivity index (χ2n) is 8.19. The van der Waals surface area contributed by atoms with Gasteiger partial charge in [-0.1, -0.05) is 22.4 Å². The number of nitrogens with one attached hydrogen (secondary N) is 1. The Hall–Kier alpha value is -0.610. The predicted molar refractivity (Wildman–Crippen MR) is 104 cm³/mol. The highest BCUT2D eigenvalue weighted by Gasteiger charge is 2.43. The molecule has 1 saturated carbocycles. The fourth-order valence-corrected chi connectivity index (χ4v) is 4.32. The lowest BCUT2D eigenvalue weighted by molar-refractivity contribution is 0.172. The van der Waals surface area contributed by atoms with Gasteiger partial charge in [0.05, 0.1) is 17.0 Å². The SMILES string of the molecule is CC(C)(C)[S+]([O-])N[C@@](C)(CCC1(C#N)CCC1)c1cc(Br)ccc1F. The molecular weight excluding hydrogens is 403 g/mol. The molecular formula is C19H26BrFN2OS. The van der Waals surface area contributed by atoms with E-state index in [1.54, 1.807) is 12.1 Å². The van der Waals surface area contributed by atoms with Crippen molar-refractivity contribution in [2.45, 2.75) is 70.1 Å². The topological polar surface area (TPSA) is 58.9 Å². The first-order valence-corrected chi connectivity index (χ1v) is 10.5. The number of benzene rings is 1. The molecule has 138 valence electrons. The van der Waals surface area contributed by atoms with Crippen LogP contribution in [0.2, 0.25) is 0 Å². The van der Waals surface area contributed by atoms with E-state index >= 15 is 0 Å². The summed E-state index contributed by atoms with van der Waals surface area (Å²) in [5, 5.41) is 9.50. The summed E-state index contributed by atoms with van der Waals surface area (Å²) in [6.45, 7) is 7.54. The normalized spacial score (nSPS) is 20.2. The molecule has 0 radical (unpaired) electrons. The van der Waals surface area contributed by atoms with Gasteiger partial charge in [0.1, 0.15) is 10.6 Å². The van der Waals surface area contributed by atoms with Gasteiger partial charge in [0.25, 0.3) is 0 Å². The number of nitrogens with zero attached hydrogens (tertiary/aromatic N) is 1. The predicted octanol–water partition coefficient (Wildman–Crippen LogP) is 5.33. The number of halogens is 2. The lowest BCUT2D eigenvalue weighted by Crippen LogP contribution is -2.51.